The fraction of sp³-hybridized carbons (Fsp3) is 0.312. The van der Waals surface area contributed by atoms with Crippen LogP contribution in [0.15, 0.2) is 48.7 Å². The molecule has 0 aliphatic rings. The number of hydrogen-bond donors (Lipinski definition) is 2. The number of carbonyl (C=O) groups excluding carboxylic acids is 1. The van der Waals surface area contributed by atoms with E-state index >= 15 is 0 Å². The van der Waals surface area contributed by atoms with Crippen molar-refractivity contribution in [1.29, 1.82) is 0 Å². The number of aromatic nitrogens is 1. The second-order valence-electron chi connectivity index (χ2n) is 4.66. The van der Waals surface area contributed by atoms with E-state index in [-0.39, 0.29) is 11.9 Å². The molecule has 2 aromatic rings. The molecule has 0 saturated heterocycles. The molecule has 1 amide bonds. The van der Waals surface area contributed by atoms with E-state index in [1.165, 1.54) is 0 Å². The third-order valence-electron chi connectivity index (χ3n) is 3.19. The summed E-state index contributed by atoms with van der Waals surface area (Å²) < 4.78 is 0. The zero-order chi connectivity index (χ0) is 13.5. The first kappa shape index (κ1) is 13.4. The Labute approximate surface area is 114 Å². The molecule has 3 heteroatoms. The number of benzene rings is 1. The summed E-state index contributed by atoms with van der Waals surface area (Å²) in [4.78, 5) is 15.4. The van der Waals surface area contributed by atoms with Gasteiger partial charge < -0.3 is 10.3 Å². The maximum absolute atomic E-state index is 12.2. The third kappa shape index (κ3) is 3.71. The summed E-state index contributed by atoms with van der Waals surface area (Å²) in [6.07, 6.45) is 5.07. The van der Waals surface area contributed by atoms with Crippen LogP contribution in [-0.4, -0.2) is 10.9 Å². The van der Waals surface area contributed by atoms with Gasteiger partial charge in [-0.05, 0) is 30.7 Å². The van der Waals surface area contributed by atoms with Crippen molar-refractivity contribution in [3.05, 3.63) is 59.9 Å². The minimum absolute atomic E-state index is 0.0173. The van der Waals surface area contributed by atoms with Gasteiger partial charge in [-0.1, -0.05) is 38.0 Å². The molecule has 0 saturated carbocycles. The van der Waals surface area contributed by atoms with Crippen molar-refractivity contribution in [2.24, 2.45) is 0 Å². The lowest BCUT2D eigenvalue weighted by atomic mass is 10.1. The van der Waals surface area contributed by atoms with Crippen molar-refractivity contribution in [3.8, 4) is 0 Å². The first-order valence-electron chi connectivity index (χ1n) is 6.80. The van der Waals surface area contributed by atoms with Crippen LogP contribution in [0.3, 0.4) is 0 Å². The van der Waals surface area contributed by atoms with Gasteiger partial charge in [0.15, 0.2) is 0 Å². The first-order chi connectivity index (χ1) is 9.31. The highest BCUT2D eigenvalue weighted by atomic mass is 16.1. The number of hydrogen-bond acceptors (Lipinski definition) is 1. The van der Waals surface area contributed by atoms with Crippen LogP contribution in [0.5, 0.6) is 0 Å². The summed E-state index contributed by atoms with van der Waals surface area (Å²) in [5.41, 5.74) is 1.77. The van der Waals surface area contributed by atoms with Crippen molar-refractivity contribution in [1.82, 2.24) is 10.3 Å². The van der Waals surface area contributed by atoms with E-state index in [1.807, 2.05) is 48.7 Å². The second kappa shape index (κ2) is 6.78. The Kier molecular flexibility index (Phi) is 4.78. The standard InChI is InChI=1S/C16H20N2O/c1-2-3-10-15(14-11-7-12-17-14)18-16(19)13-8-5-4-6-9-13/h4-9,11-12,15,17H,2-3,10H2,1H3,(H,18,19)/t15-/m0/s1. The molecule has 0 unspecified atom stereocenters. The summed E-state index contributed by atoms with van der Waals surface area (Å²) >= 11 is 0. The van der Waals surface area contributed by atoms with Gasteiger partial charge in [-0.15, -0.1) is 0 Å². The van der Waals surface area contributed by atoms with E-state index in [2.05, 4.69) is 17.2 Å². The Balaban J connectivity index is 2.06. The summed E-state index contributed by atoms with van der Waals surface area (Å²) in [6.45, 7) is 2.16. The molecule has 1 aromatic heterocycles. The molecule has 2 N–H and O–H groups in total. The Morgan fingerprint density at radius 2 is 2.00 bits per heavy atom. The minimum atomic E-state index is -0.0173. The fourth-order valence-corrected chi connectivity index (χ4v) is 2.11. The van der Waals surface area contributed by atoms with Gasteiger partial charge in [-0.3, -0.25) is 4.79 Å². The Morgan fingerprint density at radius 3 is 2.63 bits per heavy atom. The molecule has 0 radical (unpaired) electrons. The highest BCUT2D eigenvalue weighted by Gasteiger charge is 2.15. The smallest absolute Gasteiger partial charge is 0.251 e. The van der Waals surface area contributed by atoms with E-state index in [0.29, 0.717) is 5.56 Å². The van der Waals surface area contributed by atoms with Crippen molar-refractivity contribution in [2.75, 3.05) is 0 Å². The monoisotopic (exact) mass is 256 g/mol. The SMILES string of the molecule is CCCC[C@H](NC(=O)c1ccccc1)c1ccc[nH]1. The Morgan fingerprint density at radius 1 is 1.21 bits per heavy atom. The zero-order valence-corrected chi connectivity index (χ0v) is 11.2. The summed E-state index contributed by atoms with van der Waals surface area (Å²) in [7, 11) is 0. The maximum atomic E-state index is 12.2. The average Bonchev–Trinajstić information content (AvgIpc) is 2.98. The number of rotatable bonds is 6. The molecule has 0 fully saturated rings. The molecule has 0 aliphatic heterocycles. The summed E-state index contributed by atoms with van der Waals surface area (Å²) in [5, 5.41) is 3.10. The van der Waals surface area contributed by atoms with E-state index in [9.17, 15) is 4.79 Å². The zero-order valence-electron chi connectivity index (χ0n) is 11.2. The number of H-pyrrole nitrogens is 1. The average molecular weight is 256 g/mol. The lowest BCUT2D eigenvalue weighted by Crippen LogP contribution is -2.28. The molecule has 1 atom stereocenters. The molecule has 100 valence electrons. The van der Waals surface area contributed by atoms with Crippen molar-refractivity contribution < 1.29 is 4.79 Å². The van der Waals surface area contributed by atoms with Gasteiger partial charge in [-0.2, -0.15) is 0 Å². The van der Waals surface area contributed by atoms with Gasteiger partial charge in [0.05, 0.1) is 6.04 Å². The van der Waals surface area contributed by atoms with Crippen LogP contribution in [0.25, 0.3) is 0 Å². The van der Waals surface area contributed by atoms with E-state index in [4.69, 9.17) is 0 Å². The van der Waals surface area contributed by atoms with Crippen molar-refractivity contribution in [2.45, 2.75) is 32.2 Å². The topological polar surface area (TPSA) is 44.9 Å². The molecule has 3 nitrogen and oxygen atoms in total. The summed E-state index contributed by atoms with van der Waals surface area (Å²) in [6, 6.07) is 13.4. The van der Waals surface area contributed by atoms with Gasteiger partial charge in [0, 0.05) is 17.5 Å². The molecule has 1 heterocycles. The van der Waals surface area contributed by atoms with Gasteiger partial charge in [0.2, 0.25) is 0 Å². The van der Waals surface area contributed by atoms with Crippen molar-refractivity contribution >= 4 is 5.91 Å². The quantitative estimate of drug-likeness (QED) is 0.813. The second-order valence-corrected chi connectivity index (χ2v) is 4.66. The predicted molar refractivity (Wildman–Crippen MR) is 77.0 cm³/mol. The van der Waals surface area contributed by atoms with Gasteiger partial charge in [0.1, 0.15) is 0 Å². The molecule has 0 aliphatic carbocycles. The van der Waals surface area contributed by atoms with Crippen LogP contribution in [-0.2, 0) is 0 Å². The normalized spacial score (nSPS) is 12.1. The van der Waals surface area contributed by atoms with Crippen molar-refractivity contribution in [3.63, 3.8) is 0 Å². The Bertz CT molecular complexity index is 491. The van der Waals surface area contributed by atoms with E-state index in [1.54, 1.807) is 0 Å². The van der Waals surface area contributed by atoms with Gasteiger partial charge in [0.25, 0.3) is 5.91 Å². The van der Waals surface area contributed by atoms with Crippen LogP contribution in [0, 0.1) is 0 Å². The molecular weight excluding hydrogens is 236 g/mol. The number of aromatic amines is 1. The lowest BCUT2D eigenvalue weighted by molar-refractivity contribution is 0.0933. The number of carbonyl (C=O) groups is 1. The maximum Gasteiger partial charge on any atom is 0.251 e. The van der Waals surface area contributed by atoms with Crippen LogP contribution in [0.1, 0.15) is 48.3 Å². The largest absolute Gasteiger partial charge is 0.363 e. The molecule has 0 bridgehead atoms. The fourth-order valence-electron chi connectivity index (χ4n) is 2.11. The van der Waals surface area contributed by atoms with Gasteiger partial charge >= 0.3 is 0 Å². The highest BCUT2D eigenvalue weighted by molar-refractivity contribution is 5.94. The van der Waals surface area contributed by atoms with E-state index < -0.39 is 0 Å². The molecule has 19 heavy (non-hydrogen) atoms. The first-order valence-corrected chi connectivity index (χ1v) is 6.80. The molecular formula is C16H20N2O. The predicted octanol–water partition coefficient (Wildman–Crippen LogP) is 3.68. The lowest BCUT2D eigenvalue weighted by Gasteiger charge is -2.17. The Hall–Kier alpha value is -2.03. The van der Waals surface area contributed by atoms with Crippen LogP contribution in [0.4, 0.5) is 0 Å². The van der Waals surface area contributed by atoms with Gasteiger partial charge in [-0.25, -0.2) is 0 Å². The number of amides is 1. The molecule has 1 aromatic carbocycles. The van der Waals surface area contributed by atoms with Crippen LogP contribution >= 0.6 is 0 Å². The third-order valence-corrected chi connectivity index (χ3v) is 3.19. The minimum Gasteiger partial charge on any atom is -0.363 e. The van der Waals surface area contributed by atoms with E-state index in [0.717, 1.165) is 25.0 Å². The number of nitrogens with one attached hydrogen (secondary N) is 2. The van der Waals surface area contributed by atoms with Crippen LogP contribution in [0.2, 0.25) is 0 Å². The summed E-state index contributed by atoms with van der Waals surface area (Å²) in [5.74, 6) is -0.0173. The molecule has 0 spiro atoms. The number of unbranched alkanes of at least 4 members (excludes halogenated alkanes) is 1. The van der Waals surface area contributed by atoms with Crippen LogP contribution < -0.4 is 5.32 Å². The molecule has 2 rings (SSSR count). The highest BCUT2D eigenvalue weighted by Crippen LogP contribution is 2.18.